The first-order valence-electron chi connectivity index (χ1n) is 6.38. The Morgan fingerprint density at radius 1 is 1.35 bits per heavy atom. The first-order valence-corrected chi connectivity index (χ1v) is 6.38. The summed E-state index contributed by atoms with van der Waals surface area (Å²) in [5.41, 5.74) is 0. The molecular formula is C14H19NO5. The Bertz CT molecular complexity index is 461. The van der Waals surface area contributed by atoms with Gasteiger partial charge in [-0.05, 0) is 24.5 Å². The van der Waals surface area contributed by atoms with Crippen LogP contribution < -0.4 is 10.1 Å². The molecule has 20 heavy (non-hydrogen) atoms. The minimum atomic E-state index is -0.842. The van der Waals surface area contributed by atoms with E-state index in [-0.39, 0.29) is 36.4 Å². The molecule has 1 unspecified atom stereocenters. The summed E-state index contributed by atoms with van der Waals surface area (Å²) in [6.45, 7) is 2.08. The van der Waals surface area contributed by atoms with E-state index in [2.05, 4.69) is 5.32 Å². The third-order valence-corrected chi connectivity index (χ3v) is 2.72. The molecule has 1 rings (SSSR count). The predicted octanol–water partition coefficient (Wildman–Crippen LogP) is 1.39. The number of phenols is 1. The van der Waals surface area contributed by atoms with Gasteiger partial charge in [-0.2, -0.15) is 0 Å². The number of carbonyl (C=O) groups excluding carboxylic acids is 1. The lowest BCUT2D eigenvalue weighted by atomic mass is 10.1. The number of ether oxygens (including phenoxy) is 1. The fraction of sp³-hybridized carbons (Fsp3) is 0.429. The molecule has 0 aromatic heterocycles. The number of hydrogen-bond acceptors (Lipinski definition) is 4. The number of carboxylic acids is 1. The standard InChI is InChI=1S/C14H19NO5/c1-10(6-7-14(18)19)8-15-13(17)9-20-12-5-3-2-4-11(12)16/h2-5,10,16H,6-9H2,1H3,(H,15,17)(H,18,19). The molecule has 0 aliphatic heterocycles. The van der Waals surface area contributed by atoms with Crippen molar-refractivity contribution in [3.05, 3.63) is 24.3 Å². The van der Waals surface area contributed by atoms with Gasteiger partial charge in [-0.15, -0.1) is 0 Å². The van der Waals surface area contributed by atoms with E-state index in [0.29, 0.717) is 13.0 Å². The van der Waals surface area contributed by atoms with Crippen LogP contribution in [0.15, 0.2) is 24.3 Å². The van der Waals surface area contributed by atoms with Crippen molar-refractivity contribution >= 4 is 11.9 Å². The Morgan fingerprint density at radius 3 is 2.70 bits per heavy atom. The molecule has 3 N–H and O–H groups in total. The lowest BCUT2D eigenvalue weighted by Gasteiger charge is -2.12. The number of rotatable bonds is 8. The molecule has 110 valence electrons. The van der Waals surface area contributed by atoms with Crippen LogP contribution in [0.2, 0.25) is 0 Å². The number of carbonyl (C=O) groups is 2. The highest BCUT2D eigenvalue weighted by Gasteiger charge is 2.09. The Labute approximate surface area is 117 Å². The normalized spacial score (nSPS) is 11.7. The number of para-hydroxylation sites is 2. The molecule has 0 aliphatic carbocycles. The quantitative estimate of drug-likeness (QED) is 0.669. The van der Waals surface area contributed by atoms with Crippen LogP contribution in [0.25, 0.3) is 0 Å². The summed E-state index contributed by atoms with van der Waals surface area (Å²) in [4.78, 5) is 21.9. The maximum atomic E-state index is 11.5. The van der Waals surface area contributed by atoms with E-state index < -0.39 is 5.97 Å². The van der Waals surface area contributed by atoms with Gasteiger partial charge < -0.3 is 20.3 Å². The first-order chi connectivity index (χ1) is 9.49. The summed E-state index contributed by atoms with van der Waals surface area (Å²) in [6, 6.07) is 6.40. The topological polar surface area (TPSA) is 95.9 Å². The maximum absolute atomic E-state index is 11.5. The van der Waals surface area contributed by atoms with Crippen molar-refractivity contribution in [2.24, 2.45) is 5.92 Å². The van der Waals surface area contributed by atoms with Crippen molar-refractivity contribution in [2.45, 2.75) is 19.8 Å². The summed E-state index contributed by atoms with van der Waals surface area (Å²) >= 11 is 0. The van der Waals surface area contributed by atoms with Crippen molar-refractivity contribution < 1.29 is 24.5 Å². The monoisotopic (exact) mass is 281 g/mol. The van der Waals surface area contributed by atoms with Gasteiger partial charge in [0.2, 0.25) is 0 Å². The molecule has 1 aromatic carbocycles. The molecule has 0 spiro atoms. The second kappa shape index (κ2) is 8.04. The number of carboxylic acid groups (broad SMARTS) is 1. The van der Waals surface area contributed by atoms with Crippen molar-refractivity contribution in [2.75, 3.05) is 13.2 Å². The van der Waals surface area contributed by atoms with Crippen LogP contribution in [-0.2, 0) is 9.59 Å². The van der Waals surface area contributed by atoms with E-state index in [9.17, 15) is 14.7 Å². The molecule has 0 saturated carbocycles. The van der Waals surface area contributed by atoms with E-state index in [1.807, 2.05) is 6.92 Å². The summed E-state index contributed by atoms with van der Waals surface area (Å²) in [7, 11) is 0. The van der Waals surface area contributed by atoms with E-state index in [1.165, 1.54) is 6.07 Å². The summed E-state index contributed by atoms with van der Waals surface area (Å²) < 4.78 is 5.17. The van der Waals surface area contributed by atoms with Crippen LogP contribution in [0, 0.1) is 5.92 Å². The van der Waals surface area contributed by atoms with Gasteiger partial charge in [0.25, 0.3) is 5.91 Å². The van der Waals surface area contributed by atoms with Crippen LogP contribution in [-0.4, -0.2) is 35.2 Å². The number of benzene rings is 1. The van der Waals surface area contributed by atoms with Crippen LogP contribution in [0.5, 0.6) is 11.5 Å². The number of hydrogen-bond donors (Lipinski definition) is 3. The summed E-state index contributed by atoms with van der Waals surface area (Å²) in [6.07, 6.45) is 0.599. The lowest BCUT2D eigenvalue weighted by Crippen LogP contribution is -2.32. The van der Waals surface area contributed by atoms with E-state index in [0.717, 1.165) is 0 Å². The minimum absolute atomic E-state index is 0.0184. The third kappa shape index (κ3) is 6.08. The highest BCUT2D eigenvalue weighted by molar-refractivity contribution is 5.77. The fourth-order valence-electron chi connectivity index (χ4n) is 1.53. The molecule has 0 aliphatic rings. The van der Waals surface area contributed by atoms with Crippen molar-refractivity contribution in [3.8, 4) is 11.5 Å². The SMILES string of the molecule is CC(CCC(=O)O)CNC(=O)COc1ccccc1O. The Kier molecular flexibility index (Phi) is 6.36. The van der Waals surface area contributed by atoms with Gasteiger partial charge in [-0.3, -0.25) is 9.59 Å². The second-order valence-corrected chi connectivity index (χ2v) is 4.60. The highest BCUT2D eigenvalue weighted by Crippen LogP contribution is 2.23. The molecule has 0 radical (unpaired) electrons. The molecule has 6 heteroatoms. The number of aliphatic carboxylic acids is 1. The van der Waals surface area contributed by atoms with E-state index in [1.54, 1.807) is 18.2 Å². The Morgan fingerprint density at radius 2 is 2.05 bits per heavy atom. The molecule has 0 heterocycles. The molecule has 0 bridgehead atoms. The number of nitrogens with one attached hydrogen (secondary N) is 1. The van der Waals surface area contributed by atoms with Gasteiger partial charge in [0.1, 0.15) is 0 Å². The largest absolute Gasteiger partial charge is 0.504 e. The van der Waals surface area contributed by atoms with Crippen LogP contribution in [0.1, 0.15) is 19.8 Å². The fourth-order valence-corrected chi connectivity index (χ4v) is 1.53. The molecular weight excluding hydrogens is 262 g/mol. The van der Waals surface area contributed by atoms with Crippen molar-refractivity contribution in [1.82, 2.24) is 5.32 Å². The zero-order valence-electron chi connectivity index (χ0n) is 11.3. The highest BCUT2D eigenvalue weighted by atomic mass is 16.5. The molecule has 1 aromatic rings. The Hall–Kier alpha value is -2.24. The van der Waals surface area contributed by atoms with E-state index >= 15 is 0 Å². The van der Waals surface area contributed by atoms with E-state index in [4.69, 9.17) is 9.84 Å². The van der Waals surface area contributed by atoms with Gasteiger partial charge in [0, 0.05) is 13.0 Å². The van der Waals surface area contributed by atoms with Gasteiger partial charge >= 0.3 is 5.97 Å². The number of aromatic hydroxyl groups is 1. The van der Waals surface area contributed by atoms with Crippen molar-refractivity contribution in [1.29, 1.82) is 0 Å². The smallest absolute Gasteiger partial charge is 0.303 e. The third-order valence-electron chi connectivity index (χ3n) is 2.72. The van der Waals surface area contributed by atoms with Crippen molar-refractivity contribution in [3.63, 3.8) is 0 Å². The zero-order valence-corrected chi connectivity index (χ0v) is 11.3. The minimum Gasteiger partial charge on any atom is -0.504 e. The maximum Gasteiger partial charge on any atom is 0.303 e. The lowest BCUT2D eigenvalue weighted by molar-refractivity contribution is -0.137. The van der Waals surface area contributed by atoms with Gasteiger partial charge in [0.05, 0.1) is 0 Å². The van der Waals surface area contributed by atoms with Crippen LogP contribution in [0.3, 0.4) is 0 Å². The average molecular weight is 281 g/mol. The number of phenolic OH excluding ortho intramolecular Hbond substituents is 1. The molecule has 1 atom stereocenters. The predicted molar refractivity (Wildman–Crippen MR) is 72.6 cm³/mol. The number of amides is 1. The van der Waals surface area contributed by atoms with Gasteiger partial charge in [0.15, 0.2) is 18.1 Å². The van der Waals surface area contributed by atoms with Crippen LogP contribution >= 0.6 is 0 Å². The van der Waals surface area contributed by atoms with Gasteiger partial charge in [-0.1, -0.05) is 19.1 Å². The second-order valence-electron chi connectivity index (χ2n) is 4.60. The molecule has 0 saturated heterocycles. The molecule has 0 fully saturated rings. The summed E-state index contributed by atoms with van der Waals surface area (Å²) in [5, 5.41) is 20.7. The molecule has 6 nitrogen and oxygen atoms in total. The van der Waals surface area contributed by atoms with Gasteiger partial charge in [-0.25, -0.2) is 0 Å². The zero-order chi connectivity index (χ0) is 15.0. The first kappa shape index (κ1) is 15.8. The van der Waals surface area contributed by atoms with Crippen LogP contribution in [0.4, 0.5) is 0 Å². The average Bonchev–Trinajstić information content (AvgIpc) is 2.42. The Balaban J connectivity index is 2.24. The molecule has 1 amide bonds. The summed E-state index contributed by atoms with van der Waals surface area (Å²) in [5.74, 6) is -0.835.